The van der Waals surface area contributed by atoms with Crippen LogP contribution in [0.2, 0.25) is 0 Å². The lowest BCUT2D eigenvalue weighted by Gasteiger charge is -2.13. The highest BCUT2D eigenvalue weighted by Gasteiger charge is 2.45. The van der Waals surface area contributed by atoms with E-state index < -0.39 is 5.92 Å². The molecule has 0 aromatic heterocycles. The lowest BCUT2D eigenvalue weighted by molar-refractivity contribution is 0.0472. The van der Waals surface area contributed by atoms with Crippen LogP contribution in [0.1, 0.15) is 11.1 Å². The van der Waals surface area contributed by atoms with Crippen molar-refractivity contribution in [1.29, 1.82) is 0 Å². The number of benzene rings is 2. The van der Waals surface area contributed by atoms with Gasteiger partial charge >= 0.3 is 5.92 Å². The predicted molar refractivity (Wildman–Crippen MR) is 62.6 cm³/mol. The summed E-state index contributed by atoms with van der Waals surface area (Å²) in [6, 6.07) is 11.8. The van der Waals surface area contributed by atoms with Crippen LogP contribution in [0.5, 0.6) is 0 Å². The van der Waals surface area contributed by atoms with E-state index in [0.29, 0.717) is 15.6 Å². The van der Waals surface area contributed by atoms with Crippen molar-refractivity contribution < 1.29 is 8.78 Å². The Hall–Kier alpha value is -1.22. The van der Waals surface area contributed by atoms with Crippen LogP contribution in [0.15, 0.2) is 46.9 Å². The first kappa shape index (κ1) is 9.97. The molecule has 0 bridgehead atoms. The molecule has 0 heterocycles. The molecule has 2 aromatic carbocycles. The van der Waals surface area contributed by atoms with Gasteiger partial charge < -0.3 is 0 Å². The van der Waals surface area contributed by atoms with Crippen molar-refractivity contribution in [3.63, 3.8) is 0 Å². The van der Waals surface area contributed by atoms with Crippen molar-refractivity contribution in [2.75, 3.05) is 0 Å². The highest BCUT2D eigenvalue weighted by molar-refractivity contribution is 9.10. The van der Waals surface area contributed by atoms with Gasteiger partial charge in [-0.25, -0.2) is 0 Å². The van der Waals surface area contributed by atoms with E-state index in [-0.39, 0.29) is 11.1 Å². The molecule has 3 rings (SSSR count). The summed E-state index contributed by atoms with van der Waals surface area (Å²) in [5, 5.41) is 0. The molecule has 0 spiro atoms. The molecule has 0 unspecified atom stereocenters. The summed E-state index contributed by atoms with van der Waals surface area (Å²) >= 11 is 3.20. The molecule has 0 atom stereocenters. The van der Waals surface area contributed by atoms with Crippen molar-refractivity contribution in [2.24, 2.45) is 0 Å². The van der Waals surface area contributed by atoms with E-state index in [2.05, 4.69) is 15.9 Å². The van der Waals surface area contributed by atoms with Crippen molar-refractivity contribution >= 4 is 15.9 Å². The summed E-state index contributed by atoms with van der Waals surface area (Å²) in [6.45, 7) is 0. The van der Waals surface area contributed by atoms with E-state index in [1.54, 1.807) is 36.4 Å². The minimum atomic E-state index is -2.90. The Balaban J connectivity index is 2.44. The smallest absolute Gasteiger partial charge is 0.196 e. The zero-order valence-corrected chi connectivity index (χ0v) is 9.76. The maximum absolute atomic E-state index is 14.2. The number of rotatable bonds is 0. The second-order valence-electron chi connectivity index (χ2n) is 3.78. The summed E-state index contributed by atoms with van der Waals surface area (Å²) < 4.78 is 28.8. The van der Waals surface area contributed by atoms with Gasteiger partial charge in [0.05, 0.1) is 0 Å². The van der Waals surface area contributed by atoms with Crippen molar-refractivity contribution in [1.82, 2.24) is 0 Å². The average Bonchev–Trinajstić information content (AvgIpc) is 2.50. The SMILES string of the molecule is FC1(F)c2ccccc2-c2cccc(Br)c21. The van der Waals surface area contributed by atoms with E-state index in [1.165, 1.54) is 6.07 Å². The van der Waals surface area contributed by atoms with Gasteiger partial charge in [0.15, 0.2) is 0 Å². The monoisotopic (exact) mass is 280 g/mol. The van der Waals surface area contributed by atoms with Crippen LogP contribution in [-0.2, 0) is 5.92 Å². The number of fused-ring (bicyclic) bond motifs is 3. The summed E-state index contributed by atoms with van der Waals surface area (Å²) in [5.41, 5.74) is 1.42. The molecule has 0 saturated heterocycles. The molecule has 1 aliphatic rings. The summed E-state index contributed by atoms with van der Waals surface area (Å²) in [7, 11) is 0. The van der Waals surface area contributed by atoms with Crippen molar-refractivity contribution in [2.45, 2.75) is 5.92 Å². The third-order valence-electron chi connectivity index (χ3n) is 2.88. The van der Waals surface area contributed by atoms with Crippen molar-refractivity contribution in [3.8, 4) is 11.1 Å². The zero-order valence-electron chi connectivity index (χ0n) is 8.18. The Bertz CT molecular complexity index is 576. The minimum Gasteiger partial charge on any atom is -0.196 e. The minimum absolute atomic E-state index is 0.0798. The highest BCUT2D eigenvalue weighted by Crippen LogP contribution is 2.53. The van der Waals surface area contributed by atoms with Crippen LogP contribution in [0.25, 0.3) is 11.1 Å². The second kappa shape index (κ2) is 3.14. The van der Waals surface area contributed by atoms with Crippen LogP contribution in [-0.4, -0.2) is 0 Å². The molecule has 1 aliphatic carbocycles. The molecule has 0 aliphatic heterocycles. The molecule has 0 amide bonds. The fourth-order valence-corrected chi connectivity index (χ4v) is 2.81. The van der Waals surface area contributed by atoms with E-state index in [9.17, 15) is 8.78 Å². The van der Waals surface area contributed by atoms with Gasteiger partial charge in [-0.05, 0) is 17.2 Å². The zero-order chi connectivity index (χ0) is 11.3. The summed E-state index contributed by atoms with van der Waals surface area (Å²) in [4.78, 5) is 0. The molecule has 0 radical (unpaired) electrons. The normalized spacial score (nSPS) is 15.7. The first-order chi connectivity index (χ1) is 7.62. The van der Waals surface area contributed by atoms with Gasteiger partial charge in [-0.1, -0.05) is 52.3 Å². The molecular formula is C13H7BrF2. The lowest BCUT2D eigenvalue weighted by atomic mass is 10.1. The Kier molecular flexibility index (Phi) is 1.96. The third kappa shape index (κ3) is 1.12. The van der Waals surface area contributed by atoms with Crippen molar-refractivity contribution in [3.05, 3.63) is 58.1 Å². The van der Waals surface area contributed by atoms with Crippen LogP contribution < -0.4 is 0 Å². The van der Waals surface area contributed by atoms with Crippen LogP contribution in [0.4, 0.5) is 8.78 Å². The Labute approximate surface area is 100 Å². The van der Waals surface area contributed by atoms with Gasteiger partial charge in [0.25, 0.3) is 0 Å². The predicted octanol–water partition coefficient (Wildman–Crippen LogP) is 4.57. The third-order valence-corrected chi connectivity index (χ3v) is 3.54. The average molecular weight is 281 g/mol. The fraction of sp³-hybridized carbons (Fsp3) is 0.0769. The molecule has 0 fully saturated rings. The number of hydrogen-bond donors (Lipinski definition) is 0. The Morgan fingerprint density at radius 3 is 2.38 bits per heavy atom. The van der Waals surface area contributed by atoms with Gasteiger partial charge in [0.1, 0.15) is 0 Å². The van der Waals surface area contributed by atoms with E-state index in [0.717, 1.165) is 0 Å². The van der Waals surface area contributed by atoms with E-state index in [4.69, 9.17) is 0 Å². The number of alkyl halides is 2. The van der Waals surface area contributed by atoms with Crippen LogP contribution in [0.3, 0.4) is 0 Å². The van der Waals surface area contributed by atoms with Gasteiger partial charge in [0.2, 0.25) is 0 Å². The number of halogens is 3. The topological polar surface area (TPSA) is 0 Å². The highest BCUT2D eigenvalue weighted by atomic mass is 79.9. The molecule has 2 aromatic rings. The molecule has 80 valence electrons. The van der Waals surface area contributed by atoms with Gasteiger partial charge in [0, 0.05) is 15.6 Å². The molecule has 0 nitrogen and oxygen atoms in total. The second-order valence-corrected chi connectivity index (χ2v) is 4.64. The Morgan fingerprint density at radius 1 is 0.875 bits per heavy atom. The molecule has 16 heavy (non-hydrogen) atoms. The first-order valence-corrected chi connectivity index (χ1v) is 5.68. The fourth-order valence-electron chi connectivity index (χ4n) is 2.19. The summed E-state index contributed by atoms with van der Waals surface area (Å²) in [5.74, 6) is -2.90. The first-order valence-electron chi connectivity index (χ1n) is 4.89. The van der Waals surface area contributed by atoms with Gasteiger partial charge in [-0.3, -0.25) is 0 Å². The number of hydrogen-bond acceptors (Lipinski definition) is 0. The quantitative estimate of drug-likeness (QED) is 0.663. The van der Waals surface area contributed by atoms with E-state index in [1.807, 2.05) is 0 Å². The maximum Gasteiger partial charge on any atom is 0.300 e. The van der Waals surface area contributed by atoms with E-state index >= 15 is 0 Å². The Morgan fingerprint density at radius 2 is 1.56 bits per heavy atom. The lowest BCUT2D eigenvalue weighted by Crippen LogP contribution is -2.11. The maximum atomic E-state index is 14.2. The van der Waals surface area contributed by atoms with Crippen LogP contribution in [0, 0.1) is 0 Å². The molecule has 0 N–H and O–H groups in total. The molecule has 0 saturated carbocycles. The van der Waals surface area contributed by atoms with Gasteiger partial charge in [-0.2, -0.15) is 8.78 Å². The molecular weight excluding hydrogens is 274 g/mol. The van der Waals surface area contributed by atoms with Crippen LogP contribution >= 0.6 is 15.9 Å². The molecule has 3 heteroatoms. The largest absolute Gasteiger partial charge is 0.300 e. The summed E-state index contributed by atoms with van der Waals surface area (Å²) in [6.07, 6.45) is 0. The van der Waals surface area contributed by atoms with Gasteiger partial charge in [-0.15, -0.1) is 0 Å². The standard InChI is InChI=1S/C13H7BrF2/c14-11-7-3-5-9-8-4-1-2-6-10(8)13(15,16)12(9)11/h1-7H.